The largest absolute Gasteiger partial charge is 0.369 e. The number of benzene rings is 2. The topological polar surface area (TPSA) is 24.5 Å². The summed E-state index contributed by atoms with van der Waals surface area (Å²) in [6.45, 7) is 6.44. The van der Waals surface area contributed by atoms with E-state index in [-0.39, 0.29) is 6.10 Å². The first-order chi connectivity index (χ1) is 11.4. The summed E-state index contributed by atoms with van der Waals surface area (Å²) < 4.78 is 6.26. The highest BCUT2D eigenvalue weighted by atomic mass is 16.5. The van der Waals surface area contributed by atoms with Gasteiger partial charge in [0.15, 0.2) is 0 Å². The third-order valence-electron chi connectivity index (χ3n) is 4.32. The van der Waals surface area contributed by atoms with Gasteiger partial charge in [0.1, 0.15) is 6.10 Å². The van der Waals surface area contributed by atoms with Crippen LogP contribution in [0.5, 0.6) is 0 Å². The van der Waals surface area contributed by atoms with Crippen molar-refractivity contribution in [1.29, 1.82) is 0 Å². The van der Waals surface area contributed by atoms with Crippen molar-refractivity contribution in [1.82, 2.24) is 10.2 Å². The molecule has 2 aromatic rings. The van der Waals surface area contributed by atoms with Crippen molar-refractivity contribution in [3.8, 4) is 0 Å². The molecule has 0 amide bonds. The molecule has 1 aliphatic rings. The van der Waals surface area contributed by atoms with E-state index in [4.69, 9.17) is 4.74 Å². The van der Waals surface area contributed by atoms with Gasteiger partial charge < -0.3 is 15.0 Å². The maximum atomic E-state index is 6.26. The lowest BCUT2D eigenvalue weighted by Gasteiger charge is -2.27. The van der Waals surface area contributed by atoms with Crippen LogP contribution < -0.4 is 5.32 Å². The van der Waals surface area contributed by atoms with Gasteiger partial charge in [-0.15, -0.1) is 0 Å². The summed E-state index contributed by atoms with van der Waals surface area (Å²) in [5, 5.41) is 3.39. The van der Waals surface area contributed by atoms with Gasteiger partial charge in [-0.2, -0.15) is 0 Å². The number of rotatable bonds is 7. The van der Waals surface area contributed by atoms with Crippen molar-refractivity contribution in [2.45, 2.75) is 12.5 Å². The Hall–Kier alpha value is -1.68. The van der Waals surface area contributed by atoms with E-state index in [1.54, 1.807) is 0 Å². The lowest BCUT2D eigenvalue weighted by Crippen LogP contribution is -2.43. The minimum Gasteiger partial charge on any atom is -0.369 e. The molecule has 1 fully saturated rings. The summed E-state index contributed by atoms with van der Waals surface area (Å²) in [6, 6.07) is 21.0. The molecule has 23 heavy (non-hydrogen) atoms. The first kappa shape index (κ1) is 16.2. The van der Waals surface area contributed by atoms with Gasteiger partial charge in [0.25, 0.3) is 0 Å². The van der Waals surface area contributed by atoms with Gasteiger partial charge in [-0.25, -0.2) is 0 Å². The number of hydrogen-bond donors (Lipinski definition) is 1. The van der Waals surface area contributed by atoms with Crippen molar-refractivity contribution >= 4 is 0 Å². The predicted octanol–water partition coefficient (Wildman–Crippen LogP) is 3.09. The van der Waals surface area contributed by atoms with Gasteiger partial charge in [0, 0.05) is 39.3 Å². The Morgan fingerprint density at radius 2 is 1.43 bits per heavy atom. The molecule has 0 bridgehead atoms. The van der Waals surface area contributed by atoms with Crippen LogP contribution in [-0.2, 0) is 4.74 Å². The molecule has 1 N–H and O–H groups in total. The minimum atomic E-state index is 0.0282. The van der Waals surface area contributed by atoms with E-state index in [2.05, 4.69) is 70.9 Å². The SMILES string of the molecule is c1ccc(C(OCCCN2CCNCC2)c2ccccc2)cc1. The molecule has 0 aliphatic carbocycles. The Bertz CT molecular complexity index is 513. The Labute approximate surface area is 139 Å². The van der Waals surface area contributed by atoms with Crippen LogP contribution in [0.4, 0.5) is 0 Å². The molecule has 1 aliphatic heterocycles. The van der Waals surface area contributed by atoms with Crippen LogP contribution in [-0.4, -0.2) is 44.2 Å². The van der Waals surface area contributed by atoms with Gasteiger partial charge in [0.2, 0.25) is 0 Å². The van der Waals surface area contributed by atoms with E-state index in [0.717, 1.165) is 45.8 Å². The molecule has 0 atom stereocenters. The number of nitrogens with zero attached hydrogens (tertiary/aromatic N) is 1. The van der Waals surface area contributed by atoms with Crippen molar-refractivity contribution in [2.24, 2.45) is 0 Å². The fourth-order valence-electron chi connectivity index (χ4n) is 3.06. The Morgan fingerprint density at radius 3 is 2.00 bits per heavy atom. The summed E-state index contributed by atoms with van der Waals surface area (Å²) in [6.07, 6.45) is 1.11. The zero-order valence-electron chi connectivity index (χ0n) is 13.7. The normalized spacial score (nSPS) is 15.9. The highest BCUT2D eigenvalue weighted by Gasteiger charge is 2.14. The zero-order valence-corrected chi connectivity index (χ0v) is 13.7. The second-order valence-electron chi connectivity index (χ2n) is 6.02. The molecule has 0 radical (unpaired) electrons. The van der Waals surface area contributed by atoms with Crippen LogP contribution in [0.2, 0.25) is 0 Å². The lowest BCUT2D eigenvalue weighted by atomic mass is 10.0. The second kappa shape index (κ2) is 8.82. The highest BCUT2D eigenvalue weighted by Crippen LogP contribution is 2.25. The van der Waals surface area contributed by atoms with E-state index in [9.17, 15) is 0 Å². The highest BCUT2D eigenvalue weighted by molar-refractivity contribution is 5.29. The molecular formula is C20H26N2O. The number of nitrogens with one attached hydrogen (secondary N) is 1. The summed E-state index contributed by atoms with van der Waals surface area (Å²) >= 11 is 0. The Balaban J connectivity index is 1.56. The van der Waals surface area contributed by atoms with Crippen molar-refractivity contribution in [3.05, 3.63) is 71.8 Å². The molecule has 3 rings (SSSR count). The van der Waals surface area contributed by atoms with Crippen molar-refractivity contribution in [3.63, 3.8) is 0 Å². The van der Waals surface area contributed by atoms with Crippen LogP contribution in [0.25, 0.3) is 0 Å². The molecule has 0 spiro atoms. The maximum Gasteiger partial charge on any atom is 0.108 e. The van der Waals surface area contributed by atoms with Crippen LogP contribution in [0.3, 0.4) is 0 Å². The third-order valence-corrected chi connectivity index (χ3v) is 4.32. The Morgan fingerprint density at radius 1 is 0.870 bits per heavy atom. The molecule has 1 heterocycles. The number of ether oxygens (including phenoxy) is 1. The van der Waals surface area contributed by atoms with Gasteiger partial charge in [0.05, 0.1) is 0 Å². The standard InChI is InChI=1S/C20H26N2O/c1-3-8-18(9-4-1)20(19-10-5-2-6-11-19)23-17-7-14-22-15-12-21-13-16-22/h1-6,8-11,20-21H,7,12-17H2. The molecule has 1 saturated heterocycles. The first-order valence-electron chi connectivity index (χ1n) is 8.58. The van der Waals surface area contributed by atoms with E-state index in [1.807, 2.05) is 0 Å². The van der Waals surface area contributed by atoms with Gasteiger partial charge >= 0.3 is 0 Å². The lowest BCUT2D eigenvalue weighted by molar-refractivity contribution is 0.0705. The predicted molar refractivity (Wildman–Crippen MR) is 94.6 cm³/mol. The third kappa shape index (κ3) is 4.90. The Kier molecular flexibility index (Phi) is 6.21. The quantitative estimate of drug-likeness (QED) is 0.795. The number of hydrogen-bond acceptors (Lipinski definition) is 3. The fourth-order valence-corrected chi connectivity index (χ4v) is 3.06. The molecule has 2 aromatic carbocycles. The van der Waals surface area contributed by atoms with E-state index >= 15 is 0 Å². The van der Waals surface area contributed by atoms with Crippen molar-refractivity contribution in [2.75, 3.05) is 39.3 Å². The summed E-state index contributed by atoms with van der Waals surface area (Å²) in [5.74, 6) is 0. The van der Waals surface area contributed by atoms with Gasteiger partial charge in [-0.1, -0.05) is 60.7 Å². The average molecular weight is 310 g/mol. The summed E-state index contributed by atoms with van der Waals surface area (Å²) in [4.78, 5) is 2.51. The van der Waals surface area contributed by atoms with E-state index in [0.29, 0.717) is 0 Å². The van der Waals surface area contributed by atoms with Crippen LogP contribution in [0, 0.1) is 0 Å². The fraction of sp³-hybridized carbons (Fsp3) is 0.400. The average Bonchev–Trinajstić information content (AvgIpc) is 2.64. The molecule has 3 heteroatoms. The van der Waals surface area contributed by atoms with Crippen LogP contribution in [0.15, 0.2) is 60.7 Å². The maximum absolute atomic E-state index is 6.26. The minimum absolute atomic E-state index is 0.0282. The molecule has 0 aromatic heterocycles. The first-order valence-corrected chi connectivity index (χ1v) is 8.58. The molecule has 0 unspecified atom stereocenters. The monoisotopic (exact) mass is 310 g/mol. The molecule has 0 saturated carbocycles. The molecule has 122 valence electrons. The summed E-state index contributed by atoms with van der Waals surface area (Å²) in [5.41, 5.74) is 2.45. The zero-order chi connectivity index (χ0) is 15.7. The number of piperazine rings is 1. The van der Waals surface area contributed by atoms with Crippen LogP contribution >= 0.6 is 0 Å². The molecular weight excluding hydrogens is 284 g/mol. The van der Waals surface area contributed by atoms with Crippen LogP contribution in [0.1, 0.15) is 23.7 Å². The summed E-state index contributed by atoms with van der Waals surface area (Å²) in [7, 11) is 0. The van der Waals surface area contributed by atoms with Gasteiger partial charge in [-0.3, -0.25) is 0 Å². The second-order valence-corrected chi connectivity index (χ2v) is 6.02. The van der Waals surface area contributed by atoms with E-state index < -0.39 is 0 Å². The van der Waals surface area contributed by atoms with Gasteiger partial charge in [-0.05, 0) is 17.5 Å². The molecule has 3 nitrogen and oxygen atoms in total. The smallest absolute Gasteiger partial charge is 0.108 e. The van der Waals surface area contributed by atoms with E-state index in [1.165, 1.54) is 11.1 Å². The van der Waals surface area contributed by atoms with Crippen molar-refractivity contribution < 1.29 is 4.74 Å².